The second kappa shape index (κ2) is 5.74. The summed E-state index contributed by atoms with van der Waals surface area (Å²) in [5.41, 5.74) is 4.86. The molecule has 0 atom stereocenters. The Morgan fingerprint density at radius 2 is 2.20 bits per heavy atom. The molecule has 3 rings (SSSR count). The lowest BCUT2D eigenvalue weighted by atomic mass is 10.1. The van der Waals surface area contributed by atoms with Crippen molar-refractivity contribution in [2.45, 2.75) is 45.2 Å². The molecule has 2 aromatic rings. The fourth-order valence-electron chi connectivity index (χ4n) is 2.59. The van der Waals surface area contributed by atoms with Crippen LogP contribution in [0.5, 0.6) is 0 Å². The van der Waals surface area contributed by atoms with Gasteiger partial charge in [-0.3, -0.25) is 0 Å². The molecule has 0 amide bonds. The van der Waals surface area contributed by atoms with Gasteiger partial charge in [0.25, 0.3) is 0 Å². The maximum atomic E-state index is 6.18. The first kappa shape index (κ1) is 13.9. The van der Waals surface area contributed by atoms with E-state index in [0.29, 0.717) is 11.9 Å². The van der Waals surface area contributed by atoms with E-state index in [9.17, 15) is 0 Å². The van der Waals surface area contributed by atoms with Crippen molar-refractivity contribution in [2.75, 3.05) is 4.90 Å². The van der Waals surface area contributed by atoms with E-state index in [4.69, 9.17) is 16.6 Å². The zero-order valence-electron chi connectivity index (χ0n) is 11.9. The van der Waals surface area contributed by atoms with Gasteiger partial charge in [0.15, 0.2) is 0 Å². The SMILES string of the molecule is Cc1cc(C)c(CCl)c(N(Cc2ccsc2)C2CC2)n1. The van der Waals surface area contributed by atoms with Gasteiger partial charge in [-0.1, -0.05) is 0 Å². The molecule has 4 heteroatoms. The Labute approximate surface area is 129 Å². The Balaban J connectivity index is 1.98. The van der Waals surface area contributed by atoms with E-state index in [1.807, 2.05) is 0 Å². The molecule has 1 saturated carbocycles. The second-order valence-electron chi connectivity index (χ2n) is 5.51. The first-order valence-corrected chi connectivity index (χ1v) is 8.47. The van der Waals surface area contributed by atoms with E-state index >= 15 is 0 Å². The second-order valence-corrected chi connectivity index (χ2v) is 6.55. The molecular formula is C16H19ClN2S. The number of alkyl halides is 1. The molecule has 2 aromatic heterocycles. The minimum atomic E-state index is 0.529. The van der Waals surface area contributed by atoms with E-state index in [0.717, 1.165) is 18.1 Å². The van der Waals surface area contributed by atoms with Crippen molar-refractivity contribution in [3.8, 4) is 0 Å². The third-order valence-corrected chi connectivity index (χ3v) is 4.78. The molecule has 2 nitrogen and oxygen atoms in total. The molecule has 0 radical (unpaired) electrons. The highest BCUT2D eigenvalue weighted by Gasteiger charge is 2.31. The van der Waals surface area contributed by atoms with Crippen molar-refractivity contribution in [3.63, 3.8) is 0 Å². The van der Waals surface area contributed by atoms with Gasteiger partial charge in [0.2, 0.25) is 0 Å². The molecular weight excluding hydrogens is 288 g/mol. The van der Waals surface area contributed by atoms with Crippen LogP contribution in [0.25, 0.3) is 0 Å². The number of aryl methyl sites for hydroxylation is 2. The molecule has 106 valence electrons. The Hall–Kier alpha value is -1.06. The summed E-state index contributed by atoms with van der Waals surface area (Å²) < 4.78 is 0. The number of pyridine rings is 1. The van der Waals surface area contributed by atoms with Crippen LogP contribution in [0.1, 0.15) is 35.2 Å². The quantitative estimate of drug-likeness (QED) is 0.746. The van der Waals surface area contributed by atoms with Crippen LogP contribution in [0.4, 0.5) is 5.82 Å². The van der Waals surface area contributed by atoms with Crippen LogP contribution in [0.2, 0.25) is 0 Å². The lowest BCUT2D eigenvalue weighted by Gasteiger charge is -2.26. The molecule has 1 fully saturated rings. The van der Waals surface area contributed by atoms with Gasteiger partial charge in [-0.2, -0.15) is 11.3 Å². The van der Waals surface area contributed by atoms with Crippen molar-refractivity contribution >= 4 is 28.8 Å². The molecule has 1 aliphatic rings. The average Bonchev–Trinajstić information content (AvgIpc) is 3.12. The summed E-state index contributed by atoms with van der Waals surface area (Å²) in [6.45, 7) is 5.13. The minimum Gasteiger partial charge on any atom is -0.349 e. The Kier molecular flexibility index (Phi) is 3.99. The fraction of sp³-hybridized carbons (Fsp3) is 0.438. The van der Waals surface area contributed by atoms with Gasteiger partial charge in [-0.25, -0.2) is 4.98 Å². The molecule has 2 heterocycles. The van der Waals surface area contributed by atoms with E-state index in [1.165, 1.54) is 29.5 Å². The van der Waals surface area contributed by atoms with Crippen LogP contribution in [-0.2, 0) is 12.4 Å². The molecule has 0 aliphatic heterocycles. The maximum absolute atomic E-state index is 6.18. The van der Waals surface area contributed by atoms with Gasteiger partial charge >= 0.3 is 0 Å². The smallest absolute Gasteiger partial charge is 0.134 e. The van der Waals surface area contributed by atoms with Crippen LogP contribution in [-0.4, -0.2) is 11.0 Å². The molecule has 0 spiro atoms. The predicted octanol–water partition coefficient (Wildman–Crippen LogP) is 4.67. The first-order chi connectivity index (χ1) is 9.69. The van der Waals surface area contributed by atoms with Crippen molar-refractivity contribution in [3.05, 3.63) is 45.3 Å². The summed E-state index contributed by atoms with van der Waals surface area (Å²) in [6, 6.07) is 4.95. The maximum Gasteiger partial charge on any atom is 0.134 e. The van der Waals surface area contributed by atoms with Crippen molar-refractivity contribution in [2.24, 2.45) is 0 Å². The Morgan fingerprint density at radius 1 is 1.40 bits per heavy atom. The number of thiophene rings is 1. The number of halogens is 1. The molecule has 20 heavy (non-hydrogen) atoms. The summed E-state index contributed by atoms with van der Waals surface area (Å²) >= 11 is 7.93. The zero-order valence-corrected chi connectivity index (χ0v) is 13.5. The normalized spacial score (nSPS) is 14.6. The lowest BCUT2D eigenvalue weighted by molar-refractivity contribution is 0.771. The zero-order chi connectivity index (χ0) is 14.1. The fourth-order valence-corrected chi connectivity index (χ4v) is 3.58. The van der Waals surface area contributed by atoms with E-state index in [1.54, 1.807) is 11.3 Å². The van der Waals surface area contributed by atoms with Crippen LogP contribution < -0.4 is 4.90 Å². The standard InChI is InChI=1S/C16H19ClN2S/c1-11-7-12(2)18-16(15(11)8-17)19(14-3-4-14)9-13-5-6-20-10-13/h5-7,10,14H,3-4,8-9H2,1-2H3. The highest BCUT2D eigenvalue weighted by molar-refractivity contribution is 7.07. The summed E-state index contributed by atoms with van der Waals surface area (Å²) in [7, 11) is 0. The minimum absolute atomic E-state index is 0.529. The molecule has 0 saturated heterocycles. The topological polar surface area (TPSA) is 16.1 Å². The monoisotopic (exact) mass is 306 g/mol. The largest absolute Gasteiger partial charge is 0.349 e. The summed E-state index contributed by atoms with van der Waals surface area (Å²) in [5.74, 6) is 1.62. The van der Waals surface area contributed by atoms with E-state index in [2.05, 4.69) is 41.6 Å². The molecule has 1 aliphatic carbocycles. The Morgan fingerprint density at radius 3 is 2.80 bits per heavy atom. The van der Waals surface area contributed by atoms with Gasteiger partial charge < -0.3 is 4.90 Å². The van der Waals surface area contributed by atoms with Gasteiger partial charge in [0.05, 0.1) is 5.88 Å². The van der Waals surface area contributed by atoms with Crippen LogP contribution in [0, 0.1) is 13.8 Å². The van der Waals surface area contributed by atoms with Crippen LogP contribution in [0.3, 0.4) is 0 Å². The number of hydrogen-bond donors (Lipinski definition) is 0. The highest BCUT2D eigenvalue weighted by Crippen LogP contribution is 2.35. The molecule has 0 aromatic carbocycles. The van der Waals surface area contributed by atoms with Crippen molar-refractivity contribution in [1.82, 2.24) is 4.98 Å². The van der Waals surface area contributed by atoms with Crippen LogP contribution in [0.15, 0.2) is 22.9 Å². The van der Waals surface area contributed by atoms with Crippen LogP contribution >= 0.6 is 22.9 Å². The summed E-state index contributed by atoms with van der Waals surface area (Å²) in [6.07, 6.45) is 2.53. The van der Waals surface area contributed by atoms with Gasteiger partial charge in [0, 0.05) is 23.8 Å². The van der Waals surface area contributed by atoms with Gasteiger partial charge in [0.1, 0.15) is 5.82 Å². The Bertz CT molecular complexity index is 591. The number of nitrogens with zero attached hydrogens (tertiary/aromatic N) is 2. The predicted molar refractivity (Wildman–Crippen MR) is 86.8 cm³/mol. The third kappa shape index (κ3) is 2.84. The molecule has 0 N–H and O–H groups in total. The molecule has 0 unspecified atom stereocenters. The number of aromatic nitrogens is 1. The first-order valence-electron chi connectivity index (χ1n) is 7.00. The summed E-state index contributed by atoms with van der Waals surface area (Å²) in [5, 5.41) is 4.36. The van der Waals surface area contributed by atoms with Gasteiger partial charge in [-0.15, -0.1) is 11.6 Å². The highest BCUT2D eigenvalue weighted by atomic mass is 35.5. The lowest BCUT2D eigenvalue weighted by Crippen LogP contribution is -2.27. The van der Waals surface area contributed by atoms with E-state index in [-0.39, 0.29) is 0 Å². The van der Waals surface area contributed by atoms with Gasteiger partial charge in [-0.05, 0) is 60.7 Å². The van der Waals surface area contributed by atoms with E-state index < -0.39 is 0 Å². The molecule has 0 bridgehead atoms. The third-order valence-electron chi connectivity index (χ3n) is 3.78. The number of anilines is 1. The van der Waals surface area contributed by atoms with Crippen molar-refractivity contribution in [1.29, 1.82) is 0 Å². The number of hydrogen-bond acceptors (Lipinski definition) is 3. The van der Waals surface area contributed by atoms with Crippen molar-refractivity contribution < 1.29 is 0 Å². The summed E-state index contributed by atoms with van der Waals surface area (Å²) in [4.78, 5) is 7.24. The number of rotatable bonds is 5. The average molecular weight is 307 g/mol.